The Morgan fingerprint density at radius 3 is 2.79 bits per heavy atom. The SMILES string of the molecule is C#CCOc1ccc2ccccc2c1/C=C1\SC(Nc2ccccc2F)NC1=O. The number of ether oxygens (including phenoxy) is 1. The molecule has 0 spiro atoms. The molecule has 144 valence electrons. The average Bonchev–Trinajstić information content (AvgIpc) is 3.08. The molecule has 3 aromatic carbocycles. The Labute approximate surface area is 172 Å². The molecule has 0 aromatic heterocycles. The number of halogens is 1. The number of rotatable bonds is 5. The zero-order valence-electron chi connectivity index (χ0n) is 15.3. The van der Waals surface area contributed by atoms with Crippen LogP contribution in [0.15, 0.2) is 65.6 Å². The Kier molecular flexibility index (Phi) is 5.41. The van der Waals surface area contributed by atoms with E-state index in [1.807, 2.05) is 36.4 Å². The van der Waals surface area contributed by atoms with Gasteiger partial charge in [0.1, 0.15) is 18.2 Å². The third-order valence-electron chi connectivity index (χ3n) is 4.41. The molecule has 2 N–H and O–H groups in total. The van der Waals surface area contributed by atoms with Crippen molar-refractivity contribution in [3.05, 3.63) is 76.9 Å². The van der Waals surface area contributed by atoms with Crippen molar-refractivity contribution >= 4 is 40.2 Å². The highest BCUT2D eigenvalue weighted by atomic mass is 32.2. The fourth-order valence-corrected chi connectivity index (χ4v) is 4.04. The van der Waals surface area contributed by atoms with Crippen molar-refractivity contribution in [3.8, 4) is 18.1 Å². The lowest BCUT2D eigenvalue weighted by Crippen LogP contribution is -2.31. The quantitative estimate of drug-likeness (QED) is 0.482. The van der Waals surface area contributed by atoms with Crippen molar-refractivity contribution < 1.29 is 13.9 Å². The van der Waals surface area contributed by atoms with E-state index in [-0.39, 0.29) is 18.3 Å². The second kappa shape index (κ2) is 8.29. The van der Waals surface area contributed by atoms with Gasteiger partial charge in [0.05, 0.1) is 10.6 Å². The van der Waals surface area contributed by atoms with Gasteiger partial charge in [0.15, 0.2) is 5.50 Å². The number of para-hydroxylation sites is 1. The van der Waals surface area contributed by atoms with Crippen LogP contribution in [0, 0.1) is 18.2 Å². The van der Waals surface area contributed by atoms with E-state index in [2.05, 4.69) is 16.6 Å². The number of thioether (sulfide) groups is 1. The van der Waals surface area contributed by atoms with Crippen LogP contribution in [0.5, 0.6) is 5.75 Å². The molecular formula is C23H17FN2O2S. The lowest BCUT2D eigenvalue weighted by atomic mass is 10.0. The maximum Gasteiger partial charge on any atom is 0.260 e. The minimum absolute atomic E-state index is 0.130. The van der Waals surface area contributed by atoms with Gasteiger partial charge in [-0.25, -0.2) is 4.39 Å². The average molecular weight is 404 g/mol. The molecule has 4 rings (SSSR count). The van der Waals surface area contributed by atoms with E-state index in [1.165, 1.54) is 17.8 Å². The van der Waals surface area contributed by atoms with Gasteiger partial charge in [-0.15, -0.1) is 6.42 Å². The molecule has 3 aromatic rings. The molecule has 1 amide bonds. The van der Waals surface area contributed by atoms with Gasteiger partial charge in [-0.1, -0.05) is 60.1 Å². The Hall–Kier alpha value is -3.43. The molecule has 1 aliphatic rings. The van der Waals surface area contributed by atoms with Gasteiger partial charge in [-0.2, -0.15) is 0 Å². The molecule has 1 fully saturated rings. The summed E-state index contributed by atoms with van der Waals surface area (Å²) in [5.41, 5.74) is 0.632. The third kappa shape index (κ3) is 4.05. The summed E-state index contributed by atoms with van der Waals surface area (Å²) in [5, 5.41) is 7.79. The maximum absolute atomic E-state index is 13.9. The molecule has 0 saturated carbocycles. The van der Waals surface area contributed by atoms with Crippen LogP contribution in [0.4, 0.5) is 10.1 Å². The first-order chi connectivity index (χ1) is 14.2. The molecule has 1 aliphatic heterocycles. The molecule has 0 radical (unpaired) electrons. The van der Waals surface area contributed by atoms with Crippen molar-refractivity contribution in [1.29, 1.82) is 0 Å². The first-order valence-corrected chi connectivity index (χ1v) is 9.82. The van der Waals surface area contributed by atoms with E-state index in [0.717, 1.165) is 16.3 Å². The molecule has 1 heterocycles. The molecule has 1 saturated heterocycles. The molecule has 1 unspecified atom stereocenters. The minimum Gasteiger partial charge on any atom is -0.480 e. The molecule has 1 atom stereocenters. The number of carbonyl (C=O) groups is 1. The summed E-state index contributed by atoms with van der Waals surface area (Å²) >= 11 is 1.29. The molecule has 4 nitrogen and oxygen atoms in total. The van der Waals surface area contributed by atoms with Crippen molar-refractivity contribution in [2.24, 2.45) is 0 Å². The predicted octanol–water partition coefficient (Wildman–Crippen LogP) is 4.59. The van der Waals surface area contributed by atoms with Gasteiger partial charge in [-0.05, 0) is 35.0 Å². The summed E-state index contributed by atoms with van der Waals surface area (Å²) in [7, 11) is 0. The van der Waals surface area contributed by atoms with E-state index < -0.39 is 5.50 Å². The topological polar surface area (TPSA) is 50.4 Å². The lowest BCUT2D eigenvalue weighted by molar-refractivity contribution is -0.116. The van der Waals surface area contributed by atoms with Crippen LogP contribution < -0.4 is 15.4 Å². The first kappa shape index (κ1) is 18.9. The summed E-state index contributed by atoms with van der Waals surface area (Å²) in [5.74, 6) is 2.45. The molecule has 0 aliphatic carbocycles. The van der Waals surface area contributed by atoms with Crippen LogP contribution in [-0.2, 0) is 4.79 Å². The standard InChI is InChI=1S/C23H17FN2O2S/c1-2-13-28-20-12-11-15-7-3-4-8-16(15)17(20)14-21-22(27)26-23(29-21)25-19-10-6-5-9-18(19)24/h1,3-12,14,23,25H,13H2,(H,26,27)/b21-14-. The third-order valence-corrected chi connectivity index (χ3v) is 5.44. The second-order valence-electron chi connectivity index (χ2n) is 6.30. The number of hydrogen-bond acceptors (Lipinski definition) is 4. The van der Waals surface area contributed by atoms with E-state index >= 15 is 0 Å². The Balaban J connectivity index is 1.67. The number of carbonyl (C=O) groups excluding carboxylic acids is 1. The number of nitrogens with one attached hydrogen (secondary N) is 2. The number of amides is 1. The Bertz CT molecular complexity index is 1150. The normalized spacial score (nSPS) is 17.2. The zero-order chi connectivity index (χ0) is 20.2. The number of hydrogen-bond donors (Lipinski definition) is 2. The summed E-state index contributed by atoms with van der Waals surface area (Å²) in [6, 6.07) is 18.0. The van der Waals surface area contributed by atoms with Crippen molar-refractivity contribution in [1.82, 2.24) is 5.32 Å². The predicted molar refractivity (Wildman–Crippen MR) is 116 cm³/mol. The zero-order valence-corrected chi connectivity index (χ0v) is 16.1. The van der Waals surface area contributed by atoms with Gasteiger partial charge in [0, 0.05) is 5.56 Å². The number of terminal acetylenes is 1. The van der Waals surface area contributed by atoms with E-state index in [9.17, 15) is 9.18 Å². The van der Waals surface area contributed by atoms with Crippen LogP contribution in [0.2, 0.25) is 0 Å². The van der Waals surface area contributed by atoms with Crippen LogP contribution >= 0.6 is 11.8 Å². The molecule has 0 bridgehead atoms. The van der Waals surface area contributed by atoms with Crippen LogP contribution in [-0.4, -0.2) is 18.0 Å². The first-order valence-electron chi connectivity index (χ1n) is 8.94. The highest BCUT2D eigenvalue weighted by Crippen LogP contribution is 2.35. The van der Waals surface area contributed by atoms with Gasteiger partial charge < -0.3 is 15.4 Å². The minimum atomic E-state index is -0.476. The number of benzene rings is 3. The van der Waals surface area contributed by atoms with E-state index in [4.69, 9.17) is 11.2 Å². The van der Waals surface area contributed by atoms with Crippen molar-refractivity contribution in [3.63, 3.8) is 0 Å². The monoisotopic (exact) mass is 404 g/mol. The van der Waals surface area contributed by atoms with E-state index in [0.29, 0.717) is 16.3 Å². The number of fused-ring (bicyclic) bond motifs is 1. The highest BCUT2D eigenvalue weighted by molar-refractivity contribution is 8.05. The molecular weight excluding hydrogens is 387 g/mol. The van der Waals surface area contributed by atoms with Gasteiger partial charge in [0.25, 0.3) is 5.91 Å². The van der Waals surface area contributed by atoms with Crippen LogP contribution in [0.1, 0.15) is 5.56 Å². The second-order valence-corrected chi connectivity index (χ2v) is 7.44. The van der Waals surface area contributed by atoms with Gasteiger partial charge in [-0.3, -0.25) is 4.79 Å². The maximum atomic E-state index is 13.9. The summed E-state index contributed by atoms with van der Waals surface area (Å²) < 4.78 is 19.6. The van der Waals surface area contributed by atoms with Gasteiger partial charge >= 0.3 is 0 Å². The summed E-state index contributed by atoms with van der Waals surface area (Å²) in [6.07, 6.45) is 7.12. The number of anilines is 1. The van der Waals surface area contributed by atoms with Crippen LogP contribution in [0.3, 0.4) is 0 Å². The van der Waals surface area contributed by atoms with Crippen molar-refractivity contribution in [2.75, 3.05) is 11.9 Å². The molecule has 29 heavy (non-hydrogen) atoms. The fourth-order valence-electron chi connectivity index (χ4n) is 3.09. The lowest BCUT2D eigenvalue weighted by Gasteiger charge is -2.13. The van der Waals surface area contributed by atoms with E-state index in [1.54, 1.807) is 24.3 Å². The van der Waals surface area contributed by atoms with Gasteiger partial charge in [0.2, 0.25) is 0 Å². The molecule has 6 heteroatoms. The summed E-state index contributed by atoms with van der Waals surface area (Å²) in [6.45, 7) is 0.130. The smallest absolute Gasteiger partial charge is 0.260 e. The Morgan fingerprint density at radius 1 is 1.17 bits per heavy atom. The fraction of sp³-hybridized carbons (Fsp3) is 0.0870. The largest absolute Gasteiger partial charge is 0.480 e. The highest BCUT2D eigenvalue weighted by Gasteiger charge is 2.28. The van der Waals surface area contributed by atoms with Crippen LogP contribution in [0.25, 0.3) is 16.8 Å². The van der Waals surface area contributed by atoms with Crippen molar-refractivity contribution in [2.45, 2.75) is 5.50 Å². The summed E-state index contributed by atoms with van der Waals surface area (Å²) in [4.78, 5) is 13.0. The Morgan fingerprint density at radius 2 is 1.97 bits per heavy atom.